The highest BCUT2D eigenvalue weighted by molar-refractivity contribution is 6.30. The quantitative estimate of drug-likeness (QED) is 0.758. The number of carboxylic acid groups (broad SMARTS) is 1. The number of carboxylic acids is 1. The van der Waals surface area contributed by atoms with Crippen molar-refractivity contribution in [1.29, 1.82) is 0 Å². The molecule has 1 saturated carbocycles. The number of rotatable bonds is 2. The van der Waals surface area contributed by atoms with Gasteiger partial charge < -0.3 is 5.11 Å². The highest BCUT2D eigenvalue weighted by Crippen LogP contribution is 2.77. The van der Waals surface area contributed by atoms with Crippen molar-refractivity contribution in [2.75, 3.05) is 0 Å². The third kappa shape index (κ3) is 1.35. The Labute approximate surface area is 90.4 Å². The van der Waals surface area contributed by atoms with Crippen molar-refractivity contribution < 1.29 is 23.1 Å². The minimum absolute atomic E-state index is 1.07. The summed E-state index contributed by atoms with van der Waals surface area (Å²) in [6.07, 6.45) is -5.73. The lowest BCUT2D eigenvalue weighted by atomic mass is 9.99. The summed E-state index contributed by atoms with van der Waals surface area (Å²) in [7, 11) is 0. The number of halogens is 4. The normalized spacial score (nSPS) is 38.9. The zero-order chi connectivity index (χ0) is 12.3. The molecule has 2 unspecified atom stereocenters. The summed E-state index contributed by atoms with van der Waals surface area (Å²) in [4.78, 5) is 9.20. The van der Waals surface area contributed by atoms with Crippen LogP contribution in [-0.4, -0.2) is 22.1 Å². The first-order valence-corrected chi connectivity index (χ1v) is 4.77. The van der Waals surface area contributed by atoms with Gasteiger partial charge in [0.2, 0.25) is 0 Å². The van der Waals surface area contributed by atoms with E-state index in [4.69, 9.17) is 16.7 Å². The van der Waals surface area contributed by atoms with Crippen molar-refractivity contribution in [1.82, 2.24) is 0 Å². The molecule has 1 rings (SSSR count). The summed E-state index contributed by atoms with van der Waals surface area (Å²) < 4.78 is 36.8. The molecule has 0 amide bonds. The van der Waals surface area contributed by atoms with Gasteiger partial charge in [-0.25, -0.2) is 0 Å². The van der Waals surface area contributed by atoms with Gasteiger partial charge in [-0.05, 0) is 6.92 Å². The fraction of sp³-hybridized carbons (Fsp3) is 0.889. The predicted octanol–water partition coefficient (Wildman–Crippen LogP) is 3.05. The molecule has 1 N–H and O–H groups in total. The van der Waals surface area contributed by atoms with Gasteiger partial charge >= 0.3 is 12.1 Å². The van der Waals surface area contributed by atoms with Crippen LogP contribution < -0.4 is 0 Å². The number of aliphatic carboxylic acids is 1. The number of carbonyl (C=O) groups is 1. The molecule has 0 bridgehead atoms. The zero-order valence-electron chi connectivity index (χ0n) is 8.57. The van der Waals surface area contributed by atoms with Crippen molar-refractivity contribution in [2.24, 2.45) is 10.8 Å². The van der Waals surface area contributed by atoms with E-state index in [-0.39, 0.29) is 0 Å². The van der Waals surface area contributed by atoms with Crippen LogP contribution >= 0.6 is 11.6 Å². The van der Waals surface area contributed by atoms with Crippen LogP contribution in [0.15, 0.2) is 0 Å². The lowest BCUT2D eigenvalue weighted by molar-refractivity contribution is -0.147. The fourth-order valence-electron chi connectivity index (χ4n) is 2.25. The van der Waals surface area contributed by atoms with Gasteiger partial charge in [-0.3, -0.25) is 4.79 Å². The van der Waals surface area contributed by atoms with Crippen LogP contribution in [0.3, 0.4) is 0 Å². The Morgan fingerprint density at radius 1 is 1.33 bits per heavy atom. The summed E-state index contributed by atoms with van der Waals surface area (Å²) in [6.45, 7) is 4.15. The summed E-state index contributed by atoms with van der Waals surface area (Å²) >= 11 is 5.82. The molecule has 1 aliphatic carbocycles. The molecular formula is C9H12ClF3O2. The Balaban J connectivity index is 3.04. The Morgan fingerprint density at radius 3 is 1.93 bits per heavy atom. The molecule has 0 aliphatic heterocycles. The number of hydrogen-bond donors (Lipinski definition) is 1. The Morgan fingerprint density at radius 2 is 1.73 bits per heavy atom. The second-order valence-electron chi connectivity index (χ2n) is 4.65. The van der Waals surface area contributed by atoms with E-state index in [1.807, 2.05) is 0 Å². The number of alkyl halides is 4. The minimum Gasteiger partial charge on any atom is -0.481 e. The van der Waals surface area contributed by atoms with E-state index in [1.54, 1.807) is 0 Å². The second kappa shape index (κ2) is 2.81. The van der Waals surface area contributed by atoms with Crippen LogP contribution in [0.5, 0.6) is 0 Å². The molecule has 6 heteroatoms. The molecule has 88 valence electrons. The Hall–Kier alpha value is -0.450. The summed E-state index contributed by atoms with van der Waals surface area (Å²) in [6, 6.07) is 0. The van der Waals surface area contributed by atoms with Crippen molar-refractivity contribution in [3.8, 4) is 0 Å². The largest absolute Gasteiger partial charge is 0.481 e. The maximum Gasteiger partial charge on any atom is 0.390 e. The van der Waals surface area contributed by atoms with E-state index in [0.717, 1.165) is 0 Å². The third-order valence-electron chi connectivity index (χ3n) is 3.84. The summed E-state index contributed by atoms with van der Waals surface area (Å²) in [5.41, 5.74) is -2.60. The van der Waals surface area contributed by atoms with Gasteiger partial charge in [-0.2, -0.15) is 13.2 Å². The van der Waals surface area contributed by atoms with Crippen molar-refractivity contribution in [3.05, 3.63) is 0 Å². The number of hydrogen-bond acceptors (Lipinski definition) is 1. The molecule has 0 aromatic heterocycles. The average Bonchev–Trinajstić information content (AvgIpc) is 2.27. The first-order valence-electron chi connectivity index (χ1n) is 4.39. The van der Waals surface area contributed by atoms with Gasteiger partial charge in [0.1, 0.15) is 0 Å². The van der Waals surface area contributed by atoms with Crippen LogP contribution in [0.2, 0.25) is 0 Å². The molecular weight excluding hydrogens is 233 g/mol. The molecule has 15 heavy (non-hydrogen) atoms. The van der Waals surface area contributed by atoms with Crippen LogP contribution in [-0.2, 0) is 4.79 Å². The van der Waals surface area contributed by atoms with Crippen molar-refractivity contribution in [3.63, 3.8) is 0 Å². The molecule has 0 radical (unpaired) electrons. The van der Waals surface area contributed by atoms with E-state index in [9.17, 15) is 18.0 Å². The van der Waals surface area contributed by atoms with Crippen molar-refractivity contribution in [2.45, 2.75) is 38.2 Å². The SMILES string of the molecule is CC1(C)C(Cl)(CC(F)(F)F)C1(C)C(=O)O. The first-order chi connectivity index (χ1) is 6.40. The molecule has 0 heterocycles. The van der Waals surface area contributed by atoms with E-state index < -0.39 is 34.3 Å². The molecule has 2 nitrogen and oxygen atoms in total. The second-order valence-corrected chi connectivity index (χ2v) is 5.29. The van der Waals surface area contributed by atoms with E-state index in [0.29, 0.717) is 0 Å². The maximum atomic E-state index is 12.3. The van der Waals surface area contributed by atoms with Crippen molar-refractivity contribution >= 4 is 17.6 Å². The van der Waals surface area contributed by atoms with Gasteiger partial charge in [0.15, 0.2) is 0 Å². The summed E-state index contributed by atoms with van der Waals surface area (Å²) in [5, 5.41) is 8.93. The molecule has 0 saturated heterocycles. The predicted molar refractivity (Wildman–Crippen MR) is 48.8 cm³/mol. The van der Waals surface area contributed by atoms with Gasteiger partial charge in [-0.1, -0.05) is 13.8 Å². The van der Waals surface area contributed by atoms with Crippen LogP contribution in [0, 0.1) is 10.8 Å². The molecule has 0 spiro atoms. The Kier molecular flexibility index (Phi) is 2.37. The minimum atomic E-state index is -4.45. The summed E-state index contributed by atoms with van der Waals surface area (Å²) in [5.74, 6) is -1.29. The van der Waals surface area contributed by atoms with E-state index in [1.165, 1.54) is 20.8 Å². The highest BCUT2D eigenvalue weighted by Gasteiger charge is 2.85. The molecule has 0 aromatic carbocycles. The third-order valence-corrected chi connectivity index (χ3v) is 4.83. The standard InChI is InChI=1S/C9H12ClF3O2/c1-6(2)7(3,5(14)15)8(6,10)4-9(11,12)13/h4H2,1-3H3,(H,14,15). The Bertz CT molecular complexity index is 313. The van der Waals surface area contributed by atoms with E-state index >= 15 is 0 Å². The van der Waals surface area contributed by atoms with Crippen LogP contribution in [0.25, 0.3) is 0 Å². The van der Waals surface area contributed by atoms with Gasteiger partial charge in [0, 0.05) is 5.41 Å². The topological polar surface area (TPSA) is 37.3 Å². The molecule has 2 atom stereocenters. The molecule has 1 aliphatic rings. The first kappa shape index (κ1) is 12.6. The van der Waals surface area contributed by atoms with Gasteiger partial charge in [0.25, 0.3) is 0 Å². The van der Waals surface area contributed by atoms with Crippen LogP contribution in [0.1, 0.15) is 27.2 Å². The lowest BCUT2D eigenvalue weighted by Gasteiger charge is -2.15. The molecule has 1 fully saturated rings. The fourth-order valence-corrected chi connectivity index (χ4v) is 2.86. The average molecular weight is 245 g/mol. The monoisotopic (exact) mass is 244 g/mol. The van der Waals surface area contributed by atoms with Gasteiger partial charge in [-0.15, -0.1) is 11.6 Å². The van der Waals surface area contributed by atoms with E-state index in [2.05, 4.69) is 0 Å². The molecule has 0 aromatic rings. The van der Waals surface area contributed by atoms with Gasteiger partial charge in [0.05, 0.1) is 16.7 Å². The smallest absolute Gasteiger partial charge is 0.390 e. The lowest BCUT2D eigenvalue weighted by Crippen LogP contribution is -2.26. The van der Waals surface area contributed by atoms with Crippen LogP contribution in [0.4, 0.5) is 13.2 Å². The zero-order valence-corrected chi connectivity index (χ0v) is 9.33. The highest BCUT2D eigenvalue weighted by atomic mass is 35.5. The maximum absolute atomic E-state index is 12.3.